The molecule has 0 saturated carbocycles. The Kier molecular flexibility index (Phi) is 5.21. The largest absolute Gasteiger partial charge is 0.480 e. The summed E-state index contributed by atoms with van der Waals surface area (Å²) in [5.74, 6) is -0.996. The summed E-state index contributed by atoms with van der Waals surface area (Å²) in [5.41, 5.74) is 0. The molecule has 2 N–H and O–H groups in total. The van der Waals surface area contributed by atoms with Crippen LogP contribution in [-0.2, 0) is 9.53 Å². The number of carbonyl (C=O) groups is 2. The molecule has 1 fully saturated rings. The summed E-state index contributed by atoms with van der Waals surface area (Å²) in [7, 11) is 0. The minimum Gasteiger partial charge on any atom is -0.480 e. The molecule has 2 unspecified atom stereocenters. The van der Waals surface area contributed by atoms with Crippen molar-refractivity contribution < 1.29 is 19.4 Å². The minimum absolute atomic E-state index is 0.00717. The lowest BCUT2D eigenvalue weighted by molar-refractivity contribution is -0.137. The van der Waals surface area contributed by atoms with Gasteiger partial charge in [-0.2, -0.15) is 0 Å². The summed E-state index contributed by atoms with van der Waals surface area (Å²) in [6.07, 6.45) is 1.50. The van der Waals surface area contributed by atoms with E-state index < -0.39 is 5.97 Å². The summed E-state index contributed by atoms with van der Waals surface area (Å²) in [6.45, 7) is 4.63. The molecule has 2 atom stereocenters. The number of nitrogens with one attached hydrogen (secondary N) is 1. The Morgan fingerprint density at radius 2 is 2.24 bits per heavy atom. The van der Waals surface area contributed by atoms with Crippen molar-refractivity contribution >= 4 is 12.0 Å². The lowest BCUT2D eigenvalue weighted by atomic mass is 10.2. The maximum absolute atomic E-state index is 11.9. The fraction of sp³-hybridized carbons (Fsp3) is 0.818. The molecule has 17 heavy (non-hydrogen) atoms. The Bertz CT molecular complexity index is 283. The number of carboxylic acids is 1. The van der Waals surface area contributed by atoms with Crippen LogP contribution in [-0.4, -0.2) is 53.8 Å². The van der Waals surface area contributed by atoms with Crippen molar-refractivity contribution in [2.45, 2.75) is 38.8 Å². The second-order valence-electron chi connectivity index (χ2n) is 4.24. The first kappa shape index (κ1) is 13.8. The summed E-state index contributed by atoms with van der Waals surface area (Å²) in [4.78, 5) is 23.8. The predicted octanol–water partition coefficient (Wildman–Crippen LogP) is 0.670. The number of carbonyl (C=O) groups excluding carboxylic acids is 1. The highest BCUT2D eigenvalue weighted by Crippen LogP contribution is 2.12. The minimum atomic E-state index is -0.996. The summed E-state index contributed by atoms with van der Waals surface area (Å²) in [6, 6.07) is -0.341. The molecule has 2 amide bonds. The Morgan fingerprint density at radius 1 is 1.53 bits per heavy atom. The zero-order valence-electron chi connectivity index (χ0n) is 10.3. The van der Waals surface area contributed by atoms with Gasteiger partial charge in [0.2, 0.25) is 0 Å². The number of amides is 2. The van der Waals surface area contributed by atoms with Crippen LogP contribution in [0.1, 0.15) is 26.7 Å². The molecule has 6 nitrogen and oxygen atoms in total. The van der Waals surface area contributed by atoms with E-state index in [0.29, 0.717) is 13.2 Å². The van der Waals surface area contributed by atoms with E-state index in [0.717, 1.165) is 12.8 Å². The summed E-state index contributed by atoms with van der Waals surface area (Å²) < 4.78 is 5.34. The van der Waals surface area contributed by atoms with E-state index in [2.05, 4.69) is 5.32 Å². The maximum Gasteiger partial charge on any atom is 0.323 e. The Labute approximate surface area is 101 Å². The van der Waals surface area contributed by atoms with Crippen molar-refractivity contribution in [2.24, 2.45) is 0 Å². The molecular formula is C11H20N2O4. The standard InChI is InChI=1S/C11H20N2O4/c1-3-5-13(7-10(14)15)11(16)12-9-4-6-17-8(9)2/h8-9H,3-7H2,1-2H3,(H,12,16)(H,14,15). The van der Waals surface area contributed by atoms with Crippen LogP contribution < -0.4 is 5.32 Å². The van der Waals surface area contributed by atoms with Gasteiger partial charge in [0, 0.05) is 13.2 Å². The fourth-order valence-electron chi connectivity index (χ4n) is 1.86. The first-order valence-electron chi connectivity index (χ1n) is 5.93. The van der Waals surface area contributed by atoms with E-state index in [9.17, 15) is 9.59 Å². The van der Waals surface area contributed by atoms with Gasteiger partial charge in [0.25, 0.3) is 0 Å². The molecule has 0 aromatic carbocycles. The van der Waals surface area contributed by atoms with Crippen LogP contribution in [0.4, 0.5) is 4.79 Å². The molecule has 0 bridgehead atoms. The smallest absolute Gasteiger partial charge is 0.323 e. The first-order valence-corrected chi connectivity index (χ1v) is 5.93. The number of nitrogens with zero attached hydrogens (tertiary/aromatic N) is 1. The van der Waals surface area contributed by atoms with Crippen LogP contribution in [0.3, 0.4) is 0 Å². The molecule has 6 heteroatoms. The number of carboxylic acid groups (broad SMARTS) is 1. The third-order valence-corrected chi connectivity index (χ3v) is 2.79. The Morgan fingerprint density at radius 3 is 2.71 bits per heavy atom. The van der Waals surface area contributed by atoms with Gasteiger partial charge in [-0.15, -0.1) is 0 Å². The normalized spacial score (nSPS) is 23.4. The molecule has 1 heterocycles. The van der Waals surface area contributed by atoms with E-state index in [1.54, 1.807) is 0 Å². The van der Waals surface area contributed by atoms with Crippen LogP contribution in [0.5, 0.6) is 0 Å². The number of urea groups is 1. The molecule has 1 aliphatic heterocycles. The van der Waals surface area contributed by atoms with E-state index in [1.807, 2.05) is 13.8 Å². The lowest BCUT2D eigenvalue weighted by Crippen LogP contribution is -2.48. The van der Waals surface area contributed by atoms with E-state index in [-0.39, 0.29) is 24.7 Å². The number of aliphatic carboxylic acids is 1. The highest BCUT2D eigenvalue weighted by molar-refractivity contribution is 5.80. The quantitative estimate of drug-likeness (QED) is 0.745. The second-order valence-corrected chi connectivity index (χ2v) is 4.24. The molecule has 0 spiro atoms. The molecule has 0 aliphatic carbocycles. The first-order chi connectivity index (χ1) is 8.04. The van der Waals surface area contributed by atoms with Gasteiger partial charge in [-0.3, -0.25) is 4.79 Å². The van der Waals surface area contributed by atoms with Gasteiger partial charge in [0.15, 0.2) is 0 Å². The summed E-state index contributed by atoms with van der Waals surface area (Å²) in [5, 5.41) is 11.5. The van der Waals surface area contributed by atoms with Crippen molar-refractivity contribution in [3.05, 3.63) is 0 Å². The van der Waals surface area contributed by atoms with Gasteiger partial charge < -0.3 is 20.1 Å². The zero-order valence-corrected chi connectivity index (χ0v) is 10.3. The number of hydrogen-bond acceptors (Lipinski definition) is 3. The zero-order chi connectivity index (χ0) is 12.8. The second kappa shape index (κ2) is 6.44. The molecule has 1 rings (SSSR count). The average Bonchev–Trinajstić information content (AvgIpc) is 2.63. The average molecular weight is 244 g/mol. The summed E-state index contributed by atoms with van der Waals surface area (Å²) >= 11 is 0. The molecule has 1 aliphatic rings. The molecule has 0 aromatic heterocycles. The monoisotopic (exact) mass is 244 g/mol. The van der Waals surface area contributed by atoms with Crippen LogP contribution in [0.15, 0.2) is 0 Å². The van der Waals surface area contributed by atoms with Gasteiger partial charge in [-0.1, -0.05) is 6.92 Å². The number of rotatable bonds is 5. The maximum atomic E-state index is 11.9. The molecule has 1 saturated heterocycles. The molecular weight excluding hydrogens is 224 g/mol. The van der Waals surface area contributed by atoms with E-state index >= 15 is 0 Å². The Balaban J connectivity index is 2.49. The van der Waals surface area contributed by atoms with Crippen LogP contribution in [0.2, 0.25) is 0 Å². The van der Waals surface area contributed by atoms with Crippen molar-refractivity contribution in [1.29, 1.82) is 0 Å². The molecule has 0 aromatic rings. The predicted molar refractivity (Wildman–Crippen MR) is 61.9 cm³/mol. The highest BCUT2D eigenvalue weighted by Gasteiger charge is 2.27. The van der Waals surface area contributed by atoms with E-state index in [4.69, 9.17) is 9.84 Å². The van der Waals surface area contributed by atoms with Gasteiger partial charge in [0.05, 0.1) is 12.1 Å². The van der Waals surface area contributed by atoms with Crippen LogP contribution in [0.25, 0.3) is 0 Å². The highest BCUT2D eigenvalue weighted by atomic mass is 16.5. The third kappa shape index (κ3) is 4.22. The van der Waals surface area contributed by atoms with Crippen molar-refractivity contribution in [3.63, 3.8) is 0 Å². The van der Waals surface area contributed by atoms with Gasteiger partial charge >= 0.3 is 12.0 Å². The van der Waals surface area contributed by atoms with Crippen LogP contribution >= 0.6 is 0 Å². The molecule has 0 radical (unpaired) electrons. The number of hydrogen-bond donors (Lipinski definition) is 2. The third-order valence-electron chi connectivity index (χ3n) is 2.79. The van der Waals surface area contributed by atoms with E-state index in [1.165, 1.54) is 4.90 Å². The fourth-order valence-corrected chi connectivity index (χ4v) is 1.86. The van der Waals surface area contributed by atoms with Gasteiger partial charge in [0.1, 0.15) is 6.54 Å². The SMILES string of the molecule is CCCN(CC(=O)O)C(=O)NC1CCOC1C. The van der Waals surface area contributed by atoms with Crippen molar-refractivity contribution in [1.82, 2.24) is 10.2 Å². The lowest BCUT2D eigenvalue weighted by Gasteiger charge is -2.24. The van der Waals surface area contributed by atoms with Crippen LogP contribution in [0, 0.1) is 0 Å². The topological polar surface area (TPSA) is 78.9 Å². The van der Waals surface area contributed by atoms with Gasteiger partial charge in [-0.05, 0) is 19.8 Å². The van der Waals surface area contributed by atoms with Crippen molar-refractivity contribution in [2.75, 3.05) is 19.7 Å². The van der Waals surface area contributed by atoms with Crippen molar-refractivity contribution in [3.8, 4) is 0 Å². The Hall–Kier alpha value is -1.30. The van der Waals surface area contributed by atoms with Gasteiger partial charge in [-0.25, -0.2) is 4.79 Å². The molecule has 98 valence electrons. The number of ether oxygens (including phenoxy) is 1.